The number of aryl methyl sites for hydroxylation is 2. The maximum absolute atomic E-state index is 13.0. The lowest BCUT2D eigenvalue weighted by Gasteiger charge is -2.11. The third-order valence-electron chi connectivity index (χ3n) is 4.61. The molecule has 1 amide bonds. The van der Waals surface area contributed by atoms with Crippen LogP contribution in [0, 0.1) is 6.92 Å². The smallest absolute Gasteiger partial charge is 0.252 e. The number of para-hydroxylation sites is 1. The van der Waals surface area contributed by atoms with Gasteiger partial charge in [0.1, 0.15) is 0 Å². The van der Waals surface area contributed by atoms with Crippen molar-refractivity contribution < 1.29 is 9.32 Å². The number of pyridine rings is 2. The Hall–Kier alpha value is -3.54. The molecule has 1 N–H and O–H groups in total. The highest BCUT2D eigenvalue weighted by Crippen LogP contribution is 2.26. The minimum absolute atomic E-state index is 0.190. The molecule has 3 aromatic heterocycles. The van der Waals surface area contributed by atoms with Crippen LogP contribution in [0.3, 0.4) is 0 Å². The first-order valence-electron chi connectivity index (χ1n) is 9.20. The zero-order chi connectivity index (χ0) is 19.5. The van der Waals surface area contributed by atoms with Crippen LogP contribution < -0.4 is 5.32 Å². The van der Waals surface area contributed by atoms with Gasteiger partial charge in [-0.05, 0) is 37.1 Å². The fraction of sp³-hybridized carbons (Fsp3) is 0.182. The number of rotatable bonds is 5. The summed E-state index contributed by atoms with van der Waals surface area (Å²) in [5.74, 6) is 0.439. The number of carbonyl (C=O) groups excluding carboxylic acids is 1. The Balaban J connectivity index is 1.72. The molecule has 0 radical (unpaired) electrons. The minimum Gasteiger partial charge on any atom is -0.359 e. The van der Waals surface area contributed by atoms with Gasteiger partial charge < -0.3 is 9.84 Å². The van der Waals surface area contributed by atoms with Crippen LogP contribution in [0.1, 0.15) is 34.3 Å². The highest BCUT2D eigenvalue weighted by atomic mass is 16.5. The molecule has 6 heteroatoms. The molecule has 1 aromatic carbocycles. The second-order valence-corrected chi connectivity index (χ2v) is 6.56. The van der Waals surface area contributed by atoms with Crippen LogP contribution in [0.2, 0.25) is 0 Å². The molecule has 140 valence electrons. The van der Waals surface area contributed by atoms with E-state index in [1.165, 1.54) is 0 Å². The van der Waals surface area contributed by atoms with Gasteiger partial charge in [0.25, 0.3) is 5.91 Å². The van der Waals surface area contributed by atoms with Gasteiger partial charge in [-0.15, -0.1) is 0 Å². The van der Waals surface area contributed by atoms with Gasteiger partial charge in [-0.2, -0.15) is 0 Å². The number of carbonyl (C=O) groups is 1. The molecule has 0 aliphatic carbocycles. The topological polar surface area (TPSA) is 80.9 Å². The summed E-state index contributed by atoms with van der Waals surface area (Å²) in [4.78, 5) is 22.1. The van der Waals surface area contributed by atoms with E-state index in [9.17, 15) is 4.79 Å². The molecule has 4 rings (SSSR count). The predicted octanol–water partition coefficient (Wildman–Crippen LogP) is 4.09. The van der Waals surface area contributed by atoms with E-state index in [4.69, 9.17) is 9.51 Å². The van der Waals surface area contributed by atoms with Crippen molar-refractivity contribution in [2.45, 2.75) is 26.8 Å². The van der Waals surface area contributed by atoms with Gasteiger partial charge in [0.05, 0.1) is 34.7 Å². The molecule has 3 heterocycles. The Labute approximate surface area is 162 Å². The molecule has 0 unspecified atom stereocenters. The number of fused-ring (bicyclic) bond motifs is 1. The Morgan fingerprint density at radius 3 is 2.75 bits per heavy atom. The predicted molar refractivity (Wildman–Crippen MR) is 107 cm³/mol. The molecular weight excluding hydrogens is 352 g/mol. The Morgan fingerprint density at radius 1 is 1.11 bits per heavy atom. The van der Waals surface area contributed by atoms with Gasteiger partial charge in [0.2, 0.25) is 0 Å². The summed E-state index contributed by atoms with van der Waals surface area (Å²) < 4.78 is 5.25. The third kappa shape index (κ3) is 3.49. The molecule has 0 saturated heterocycles. The SMILES string of the molecule is CCc1cc(CNC(=O)c2cc(-c3ccccn3)nc3c(C)cccc23)on1. The number of hydrogen-bond acceptors (Lipinski definition) is 5. The van der Waals surface area contributed by atoms with E-state index in [1.54, 1.807) is 12.3 Å². The van der Waals surface area contributed by atoms with Crippen LogP contribution in [-0.4, -0.2) is 21.0 Å². The summed E-state index contributed by atoms with van der Waals surface area (Å²) in [5.41, 5.74) is 4.62. The molecular formula is C22H20N4O2. The van der Waals surface area contributed by atoms with Crippen molar-refractivity contribution in [2.75, 3.05) is 0 Å². The summed E-state index contributed by atoms with van der Waals surface area (Å²) in [7, 11) is 0. The van der Waals surface area contributed by atoms with Crippen molar-refractivity contribution in [1.29, 1.82) is 0 Å². The quantitative estimate of drug-likeness (QED) is 0.571. The van der Waals surface area contributed by atoms with Crippen LogP contribution in [0.5, 0.6) is 0 Å². The second kappa shape index (κ2) is 7.60. The maximum atomic E-state index is 13.0. The minimum atomic E-state index is -0.190. The summed E-state index contributed by atoms with van der Waals surface area (Å²) in [5, 5.41) is 7.69. The Kier molecular flexibility index (Phi) is 4.85. The van der Waals surface area contributed by atoms with Crippen molar-refractivity contribution in [3.05, 3.63) is 77.3 Å². The Bertz CT molecular complexity index is 1140. The first kappa shape index (κ1) is 17.9. The van der Waals surface area contributed by atoms with Crippen LogP contribution >= 0.6 is 0 Å². The van der Waals surface area contributed by atoms with Crippen LogP contribution in [0.15, 0.2) is 59.3 Å². The summed E-state index contributed by atoms with van der Waals surface area (Å²) in [6.07, 6.45) is 2.51. The van der Waals surface area contributed by atoms with E-state index in [1.807, 2.05) is 56.3 Å². The highest BCUT2D eigenvalue weighted by molar-refractivity contribution is 6.07. The number of nitrogens with zero attached hydrogens (tertiary/aromatic N) is 3. The van der Waals surface area contributed by atoms with Crippen molar-refractivity contribution in [1.82, 2.24) is 20.4 Å². The van der Waals surface area contributed by atoms with Crippen molar-refractivity contribution in [3.8, 4) is 11.4 Å². The van der Waals surface area contributed by atoms with Gasteiger partial charge >= 0.3 is 0 Å². The molecule has 0 aliphatic heterocycles. The van der Waals surface area contributed by atoms with Gasteiger partial charge in [0.15, 0.2) is 5.76 Å². The highest BCUT2D eigenvalue weighted by Gasteiger charge is 2.16. The van der Waals surface area contributed by atoms with E-state index in [2.05, 4.69) is 15.5 Å². The maximum Gasteiger partial charge on any atom is 0.252 e. The molecule has 0 spiro atoms. The fourth-order valence-corrected chi connectivity index (χ4v) is 3.09. The van der Waals surface area contributed by atoms with E-state index < -0.39 is 0 Å². The van der Waals surface area contributed by atoms with E-state index >= 15 is 0 Å². The van der Waals surface area contributed by atoms with Crippen molar-refractivity contribution >= 4 is 16.8 Å². The lowest BCUT2D eigenvalue weighted by Crippen LogP contribution is -2.23. The standard InChI is InChI=1S/C22H20N4O2/c1-3-15-11-16(28-26-15)13-24-22(27)18-12-20(19-9-4-5-10-23-19)25-21-14(2)7-6-8-17(18)21/h4-12H,3,13H2,1-2H3,(H,24,27). The zero-order valence-electron chi connectivity index (χ0n) is 15.8. The molecule has 0 bridgehead atoms. The summed E-state index contributed by atoms with van der Waals surface area (Å²) >= 11 is 0. The molecule has 4 aromatic rings. The third-order valence-corrected chi connectivity index (χ3v) is 4.61. The van der Waals surface area contributed by atoms with Gasteiger partial charge in [-0.3, -0.25) is 9.78 Å². The van der Waals surface area contributed by atoms with Crippen molar-refractivity contribution in [2.24, 2.45) is 0 Å². The van der Waals surface area contributed by atoms with E-state index in [0.29, 0.717) is 17.0 Å². The number of benzene rings is 1. The average molecular weight is 372 g/mol. The fourth-order valence-electron chi connectivity index (χ4n) is 3.09. The molecule has 28 heavy (non-hydrogen) atoms. The van der Waals surface area contributed by atoms with Gasteiger partial charge in [0, 0.05) is 17.6 Å². The number of hydrogen-bond donors (Lipinski definition) is 1. The lowest BCUT2D eigenvalue weighted by atomic mass is 10.0. The normalized spacial score (nSPS) is 10.9. The molecule has 0 atom stereocenters. The first-order chi connectivity index (χ1) is 13.7. The van der Waals surface area contributed by atoms with Gasteiger partial charge in [-0.25, -0.2) is 4.98 Å². The molecule has 0 saturated carbocycles. The van der Waals surface area contributed by atoms with Crippen LogP contribution in [0.4, 0.5) is 0 Å². The largest absolute Gasteiger partial charge is 0.359 e. The lowest BCUT2D eigenvalue weighted by molar-refractivity contribution is 0.0948. The Morgan fingerprint density at radius 2 is 2.00 bits per heavy atom. The summed E-state index contributed by atoms with van der Waals surface area (Å²) in [6, 6.07) is 15.1. The zero-order valence-corrected chi connectivity index (χ0v) is 15.8. The van der Waals surface area contributed by atoms with Gasteiger partial charge in [-0.1, -0.05) is 36.3 Å². The van der Waals surface area contributed by atoms with E-state index in [0.717, 1.165) is 34.3 Å². The molecule has 0 fully saturated rings. The number of nitrogens with one attached hydrogen (secondary N) is 1. The van der Waals surface area contributed by atoms with Crippen molar-refractivity contribution in [3.63, 3.8) is 0 Å². The van der Waals surface area contributed by atoms with Crippen LogP contribution in [-0.2, 0) is 13.0 Å². The number of aromatic nitrogens is 3. The number of amides is 1. The molecule has 6 nitrogen and oxygen atoms in total. The average Bonchev–Trinajstić information content (AvgIpc) is 3.20. The molecule has 0 aliphatic rings. The first-order valence-corrected chi connectivity index (χ1v) is 9.20. The van der Waals surface area contributed by atoms with Crippen LogP contribution in [0.25, 0.3) is 22.3 Å². The second-order valence-electron chi connectivity index (χ2n) is 6.56. The summed E-state index contributed by atoms with van der Waals surface area (Å²) in [6.45, 7) is 4.27. The van der Waals surface area contributed by atoms with E-state index in [-0.39, 0.29) is 12.5 Å². The monoisotopic (exact) mass is 372 g/mol.